The van der Waals surface area contributed by atoms with Gasteiger partial charge in [0.15, 0.2) is 23.0 Å². The van der Waals surface area contributed by atoms with Gasteiger partial charge in [0.1, 0.15) is 0 Å². The quantitative estimate of drug-likeness (QED) is 0.863. The number of methoxy groups -OCH3 is 3. The Morgan fingerprint density at radius 3 is 2.46 bits per heavy atom. The summed E-state index contributed by atoms with van der Waals surface area (Å²) in [4.78, 5) is 2.63. The van der Waals surface area contributed by atoms with Crippen LogP contribution in [0.5, 0.6) is 11.5 Å². The molecular formula is C23H27NO4. The molecule has 0 aromatic heterocycles. The molecule has 148 valence electrons. The molecule has 2 heterocycles. The van der Waals surface area contributed by atoms with Crippen LogP contribution in [0.4, 0.5) is 0 Å². The van der Waals surface area contributed by atoms with Crippen molar-refractivity contribution in [2.45, 2.75) is 31.2 Å². The number of hydrogen-bond donors (Lipinski definition) is 1. The van der Waals surface area contributed by atoms with Crippen LogP contribution >= 0.6 is 0 Å². The van der Waals surface area contributed by atoms with Gasteiger partial charge in [-0.2, -0.15) is 0 Å². The Labute approximate surface area is 165 Å². The van der Waals surface area contributed by atoms with E-state index in [1.165, 1.54) is 36.1 Å². The zero-order valence-electron chi connectivity index (χ0n) is 16.7. The number of phenolic OH excluding ortho intramolecular Hbond substituents is 1. The maximum atomic E-state index is 10.5. The van der Waals surface area contributed by atoms with Crippen LogP contribution in [0.3, 0.4) is 0 Å². The van der Waals surface area contributed by atoms with Crippen molar-refractivity contribution in [3.05, 3.63) is 52.5 Å². The third kappa shape index (κ3) is 2.42. The van der Waals surface area contributed by atoms with Gasteiger partial charge in [0.2, 0.25) is 0 Å². The predicted molar refractivity (Wildman–Crippen MR) is 107 cm³/mol. The van der Waals surface area contributed by atoms with Gasteiger partial charge < -0.3 is 19.3 Å². The summed E-state index contributed by atoms with van der Waals surface area (Å²) >= 11 is 0. The van der Waals surface area contributed by atoms with Crippen LogP contribution in [0.2, 0.25) is 0 Å². The van der Waals surface area contributed by atoms with E-state index in [-0.39, 0.29) is 17.6 Å². The molecule has 2 aliphatic heterocycles. The number of ether oxygens (including phenoxy) is 3. The Bertz CT molecular complexity index is 913. The van der Waals surface area contributed by atoms with Gasteiger partial charge in [-0.05, 0) is 60.7 Å². The Balaban J connectivity index is 1.74. The minimum Gasteiger partial charge on any atom is -0.504 e. The van der Waals surface area contributed by atoms with Crippen LogP contribution in [0, 0.1) is 5.92 Å². The summed E-state index contributed by atoms with van der Waals surface area (Å²) in [5.41, 5.74) is 5.19. The Hall–Kier alpha value is -2.40. The number of fused-ring (bicyclic) bond motifs is 6. The number of benzene rings is 1. The van der Waals surface area contributed by atoms with Crippen LogP contribution in [0.1, 0.15) is 36.3 Å². The maximum Gasteiger partial charge on any atom is 0.164 e. The molecule has 3 atom stereocenters. The molecule has 2 aliphatic carbocycles. The number of phenols is 1. The molecule has 1 saturated heterocycles. The van der Waals surface area contributed by atoms with Crippen LogP contribution in [0.15, 0.2) is 41.4 Å². The zero-order chi connectivity index (χ0) is 19.4. The van der Waals surface area contributed by atoms with Gasteiger partial charge in [0.05, 0.1) is 21.3 Å². The standard InChI is InChI=1S/C23H27NO4/c1-26-20-10-16-17(11-21(20)27-2)22-14(6-7-19(25)23(22)28-3)15-9-13-5-4-8-24(13)12-18(15)16/h6-7,10-11,13,16-17,25H,4-5,8-9,12H2,1-3H3. The van der Waals surface area contributed by atoms with Crippen molar-refractivity contribution in [3.8, 4) is 11.5 Å². The predicted octanol–water partition coefficient (Wildman–Crippen LogP) is 3.81. The summed E-state index contributed by atoms with van der Waals surface area (Å²) in [6.45, 7) is 2.19. The van der Waals surface area contributed by atoms with Crippen molar-refractivity contribution in [1.82, 2.24) is 4.90 Å². The minimum atomic E-state index is 0.0591. The number of nitrogens with zero attached hydrogens (tertiary/aromatic N) is 1. The first-order valence-electron chi connectivity index (χ1n) is 10.0. The molecule has 3 unspecified atom stereocenters. The van der Waals surface area contributed by atoms with Gasteiger partial charge in [-0.25, -0.2) is 0 Å². The Morgan fingerprint density at radius 1 is 1.00 bits per heavy atom. The van der Waals surface area contributed by atoms with E-state index in [1.807, 2.05) is 0 Å². The highest BCUT2D eigenvalue weighted by Crippen LogP contribution is 2.55. The lowest BCUT2D eigenvalue weighted by Crippen LogP contribution is -2.40. The highest BCUT2D eigenvalue weighted by Gasteiger charge is 2.43. The number of allylic oxidation sites excluding steroid dienone is 2. The van der Waals surface area contributed by atoms with E-state index in [1.54, 1.807) is 27.4 Å². The van der Waals surface area contributed by atoms with E-state index < -0.39 is 0 Å². The van der Waals surface area contributed by atoms with Crippen LogP contribution in [0.25, 0.3) is 5.57 Å². The van der Waals surface area contributed by atoms with E-state index in [2.05, 4.69) is 23.1 Å². The molecule has 0 amide bonds. The molecule has 0 spiro atoms. The van der Waals surface area contributed by atoms with Gasteiger partial charge in [-0.15, -0.1) is 0 Å². The molecule has 0 radical (unpaired) electrons. The van der Waals surface area contributed by atoms with Crippen molar-refractivity contribution in [3.63, 3.8) is 0 Å². The Morgan fingerprint density at radius 2 is 1.75 bits per heavy atom. The van der Waals surface area contributed by atoms with Gasteiger partial charge in [0, 0.05) is 30.0 Å². The van der Waals surface area contributed by atoms with E-state index in [0.717, 1.165) is 30.0 Å². The highest BCUT2D eigenvalue weighted by atomic mass is 16.5. The fourth-order valence-electron chi connectivity index (χ4n) is 5.62. The molecule has 0 saturated carbocycles. The molecule has 1 fully saturated rings. The zero-order valence-corrected chi connectivity index (χ0v) is 16.7. The molecule has 5 nitrogen and oxygen atoms in total. The first-order chi connectivity index (χ1) is 13.7. The SMILES string of the molecule is COC1=CC2C3=C(CC4CCCN4C3)c3ccc(O)c(OC)c3C2C=C1OC. The smallest absolute Gasteiger partial charge is 0.164 e. The molecule has 0 bridgehead atoms. The topological polar surface area (TPSA) is 51.2 Å². The lowest BCUT2D eigenvalue weighted by molar-refractivity contribution is 0.208. The molecule has 5 rings (SSSR count). The Kier molecular flexibility index (Phi) is 4.16. The van der Waals surface area contributed by atoms with Crippen LogP contribution < -0.4 is 4.74 Å². The first-order valence-corrected chi connectivity index (χ1v) is 10.0. The van der Waals surface area contributed by atoms with Crippen LogP contribution in [-0.4, -0.2) is 50.5 Å². The minimum absolute atomic E-state index is 0.0591. The van der Waals surface area contributed by atoms with E-state index in [4.69, 9.17) is 14.2 Å². The fraction of sp³-hybridized carbons (Fsp3) is 0.478. The van der Waals surface area contributed by atoms with Gasteiger partial charge in [-0.3, -0.25) is 4.90 Å². The molecule has 5 heteroatoms. The molecular weight excluding hydrogens is 354 g/mol. The third-order valence-electron chi connectivity index (χ3n) is 6.87. The van der Waals surface area contributed by atoms with Crippen LogP contribution in [-0.2, 0) is 9.47 Å². The van der Waals surface area contributed by atoms with Gasteiger partial charge in [-0.1, -0.05) is 6.07 Å². The summed E-state index contributed by atoms with van der Waals surface area (Å²) in [5.74, 6) is 2.53. The molecule has 4 aliphatic rings. The molecule has 28 heavy (non-hydrogen) atoms. The van der Waals surface area contributed by atoms with Crippen molar-refractivity contribution < 1.29 is 19.3 Å². The summed E-state index contributed by atoms with van der Waals surface area (Å²) < 4.78 is 16.9. The lowest BCUT2D eigenvalue weighted by Gasteiger charge is -2.43. The summed E-state index contributed by atoms with van der Waals surface area (Å²) in [7, 11) is 4.99. The average molecular weight is 381 g/mol. The van der Waals surface area contributed by atoms with Crippen molar-refractivity contribution in [2.75, 3.05) is 34.4 Å². The largest absolute Gasteiger partial charge is 0.504 e. The monoisotopic (exact) mass is 381 g/mol. The molecule has 1 aromatic carbocycles. The number of hydrogen-bond acceptors (Lipinski definition) is 5. The van der Waals surface area contributed by atoms with E-state index in [0.29, 0.717) is 11.8 Å². The van der Waals surface area contributed by atoms with E-state index in [9.17, 15) is 5.11 Å². The third-order valence-corrected chi connectivity index (χ3v) is 6.87. The van der Waals surface area contributed by atoms with Crippen molar-refractivity contribution >= 4 is 5.57 Å². The normalized spacial score (nSPS) is 28.5. The van der Waals surface area contributed by atoms with Crippen molar-refractivity contribution in [1.29, 1.82) is 0 Å². The highest BCUT2D eigenvalue weighted by molar-refractivity contribution is 5.80. The average Bonchev–Trinajstić information content (AvgIpc) is 3.18. The fourth-order valence-corrected chi connectivity index (χ4v) is 5.62. The van der Waals surface area contributed by atoms with Gasteiger partial charge >= 0.3 is 0 Å². The second-order valence-electron chi connectivity index (χ2n) is 8.08. The first kappa shape index (κ1) is 17.7. The second kappa shape index (κ2) is 6.59. The van der Waals surface area contributed by atoms with Crippen molar-refractivity contribution in [2.24, 2.45) is 5.92 Å². The lowest BCUT2D eigenvalue weighted by atomic mass is 9.67. The summed E-state index contributed by atoms with van der Waals surface area (Å²) in [6, 6.07) is 4.46. The van der Waals surface area contributed by atoms with E-state index >= 15 is 0 Å². The maximum absolute atomic E-state index is 10.5. The summed E-state index contributed by atoms with van der Waals surface area (Å²) in [5, 5.41) is 10.5. The number of rotatable bonds is 3. The van der Waals surface area contributed by atoms with Gasteiger partial charge in [0.25, 0.3) is 0 Å². The molecule has 1 N–H and O–H groups in total. The molecule has 1 aromatic rings. The number of aromatic hydroxyl groups is 1. The summed E-state index contributed by atoms with van der Waals surface area (Å²) in [6.07, 6.45) is 7.93. The second-order valence-corrected chi connectivity index (χ2v) is 8.08.